The molecule has 28 heavy (non-hydrogen) atoms. The van der Waals surface area contributed by atoms with Gasteiger partial charge in [-0.25, -0.2) is 9.89 Å². The summed E-state index contributed by atoms with van der Waals surface area (Å²) in [7, 11) is 1.63. The Morgan fingerprint density at radius 3 is 2.93 bits per heavy atom. The van der Waals surface area contributed by atoms with E-state index in [1.807, 2.05) is 6.92 Å². The highest BCUT2D eigenvalue weighted by Gasteiger charge is 2.16. The molecule has 152 valence electrons. The number of fused-ring (bicyclic) bond motifs is 1. The van der Waals surface area contributed by atoms with E-state index in [0.29, 0.717) is 24.7 Å². The van der Waals surface area contributed by atoms with Crippen LogP contribution in [0.1, 0.15) is 48.9 Å². The SMILES string of the molecule is COCCCn1c(SCC(=O)NC(C)c2ccc3c(c2)CCCC3)n[nH]c1=O. The maximum Gasteiger partial charge on any atom is 0.343 e. The molecule has 3 rings (SSSR count). The molecular weight excluding hydrogens is 376 g/mol. The van der Waals surface area contributed by atoms with Gasteiger partial charge in [0.1, 0.15) is 0 Å². The van der Waals surface area contributed by atoms with Crippen LogP contribution in [0.2, 0.25) is 0 Å². The quantitative estimate of drug-likeness (QED) is 0.495. The van der Waals surface area contributed by atoms with E-state index >= 15 is 0 Å². The standard InChI is InChI=1S/C20H28N4O3S/c1-14(16-9-8-15-6-3-4-7-17(15)12-16)21-18(25)13-28-20-23-22-19(26)24(20)10-5-11-27-2/h8-9,12,14H,3-7,10-11,13H2,1-2H3,(H,21,25)(H,22,26). The van der Waals surface area contributed by atoms with Crippen LogP contribution in [-0.4, -0.2) is 40.1 Å². The van der Waals surface area contributed by atoms with Gasteiger partial charge in [-0.15, -0.1) is 5.10 Å². The van der Waals surface area contributed by atoms with E-state index in [1.165, 1.54) is 35.7 Å². The second-order valence-corrected chi connectivity index (χ2v) is 8.06. The number of H-pyrrole nitrogens is 1. The van der Waals surface area contributed by atoms with Crippen LogP contribution in [-0.2, 0) is 28.9 Å². The number of rotatable bonds is 9. The predicted octanol–water partition coefficient (Wildman–Crippen LogP) is 2.46. The summed E-state index contributed by atoms with van der Waals surface area (Å²) >= 11 is 1.26. The lowest BCUT2D eigenvalue weighted by Crippen LogP contribution is -2.28. The largest absolute Gasteiger partial charge is 0.385 e. The molecule has 1 heterocycles. The summed E-state index contributed by atoms with van der Waals surface area (Å²) in [6.07, 6.45) is 5.50. The minimum Gasteiger partial charge on any atom is -0.385 e. The van der Waals surface area contributed by atoms with E-state index in [0.717, 1.165) is 18.4 Å². The third kappa shape index (κ3) is 5.26. The van der Waals surface area contributed by atoms with Gasteiger partial charge >= 0.3 is 5.69 Å². The van der Waals surface area contributed by atoms with Gasteiger partial charge in [-0.05, 0) is 55.7 Å². The smallest absolute Gasteiger partial charge is 0.343 e. The molecule has 0 bridgehead atoms. The molecule has 2 aromatic rings. The Morgan fingerprint density at radius 1 is 1.36 bits per heavy atom. The molecule has 1 aliphatic carbocycles. The summed E-state index contributed by atoms with van der Waals surface area (Å²) in [6.45, 7) is 3.08. The van der Waals surface area contributed by atoms with Gasteiger partial charge in [0.25, 0.3) is 0 Å². The number of hydrogen-bond donors (Lipinski definition) is 2. The zero-order chi connectivity index (χ0) is 19.9. The van der Waals surface area contributed by atoms with Gasteiger partial charge in [0.05, 0.1) is 11.8 Å². The lowest BCUT2D eigenvalue weighted by Gasteiger charge is -2.20. The number of carbonyl (C=O) groups excluding carboxylic acids is 1. The van der Waals surface area contributed by atoms with E-state index in [4.69, 9.17) is 4.74 Å². The van der Waals surface area contributed by atoms with Gasteiger partial charge < -0.3 is 10.1 Å². The van der Waals surface area contributed by atoms with Gasteiger partial charge in [-0.2, -0.15) is 0 Å². The van der Waals surface area contributed by atoms with Crippen LogP contribution in [0.3, 0.4) is 0 Å². The molecule has 1 aromatic carbocycles. The fraction of sp³-hybridized carbons (Fsp3) is 0.550. The molecule has 1 unspecified atom stereocenters. The molecule has 8 heteroatoms. The normalized spacial score (nSPS) is 14.5. The number of hydrogen-bond acceptors (Lipinski definition) is 5. The fourth-order valence-electron chi connectivity index (χ4n) is 3.50. The van der Waals surface area contributed by atoms with Gasteiger partial charge in [0.15, 0.2) is 5.16 Å². The molecule has 0 fully saturated rings. The number of ether oxygens (including phenoxy) is 1. The van der Waals surface area contributed by atoms with Gasteiger partial charge in [-0.1, -0.05) is 30.0 Å². The number of thioether (sulfide) groups is 1. The van der Waals surface area contributed by atoms with Crippen LogP contribution in [0.5, 0.6) is 0 Å². The molecule has 0 saturated carbocycles. The highest BCUT2D eigenvalue weighted by molar-refractivity contribution is 7.99. The summed E-state index contributed by atoms with van der Waals surface area (Å²) < 4.78 is 6.57. The first kappa shape index (κ1) is 20.7. The maximum absolute atomic E-state index is 12.4. The monoisotopic (exact) mass is 404 g/mol. The second-order valence-electron chi connectivity index (χ2n) is 7.12. The van der Waals surface area contributed by atoms with Crippen molar-refractivity contribution in [3.05, 3.63) is 45.4 Å². The number of aromatic amines is 1. The van der Waals surface area contributed by atoms with Gasteiger partial charge in [-0.3, -0.25) is 9.36 Å². The Kier molecular flexibility index (Phi) is 7.33. The number of nitrogens with zero attached hydrogens (tertiary/aromatic N) is 2. The van der Waals surface area contributed by atoms with E-state index in [2.05, 4.69) is 33.7 Å². The van der Waals surface area contributed by atoms with Crippen LogP contribution < -0.4 is 11.0 Å². The Labute approximate surface area is 169 Å². The van der Waals surface area contributed by atoms with E-state index in [1.54, 1.807) is 11.7 Å². The fourth-order valence-corrected chi connectivity index (χ4v) is 4.28. The second kappa shape index (κ2) is 9.93. The van der Waals surface area contributed by atoms with Crippen molar-refractivity contribution in [1.29, 1.82) is 0 Å². The molecule has 0 saturated heterocycles. The summed E-state index contributed by atoms with van der Waals surface area (Å²) in [5, 5.41) is 10.0. The highest BCUT2D eigenvalue weighted by Crippen LogP contribution is 2.25. The molecule has 0 aliphatic heterocycles. The number of carbonyl (C=O) groups is 1. The molecule has 1 amide bonds. The zero-order valence-corrected chi connectivity index (χ0v) is 17.3. The minimum absolute atomic E-state index is 0.0524. The predicted molar refractivity (Wildman–Crippen MR) is 110 cm³/mol. The molecule has 0 spiro atoms. The van der Waals surface area contributed by atoms with Gasteiger partial charge in [0, 0.05) is 20.3 Å². The van der Waals surface area contributed by atoms with Crippen LogP contribution in [0.4, 0.5) is 0 Å². The number of aryl methyl sites for hydroxylation is 2. The van der Waals surface area contributed by atoms with Crippen molar-refractivity contribution in [1.82, 2.24) is 20.1 Å². The summed E-state index contributed by atoms with van der Waals surface area (Å²) in [4.78, 5) is 24.2. The Hall–Kier alpha value is -2.06. The third-order valence-electron chi connectivity index (χ3n) is 5.04. The van der Waals surface area contributed by atoms with E-state index < -0.39 is 0 Å². The Bertz CT molecular complexity index is 861. The van der Waals surface area contributed by atoms with Crippen molar-refractivity contribution >= 4 is 17.7 Å². The van der Waals surface area contributed by atoms with Crippen LogP contribution >= 0.6 is 11.8 Å². The summed E-state index contributed by atoms with van der Waals surface area (Å²) in [5.41, 5.74) is 3.72. The molecular formula is C20H28N4O3S. The molecule has 0 radical (unpaired) electrons. The first-order chi connectivity index (χ1) is 13.6. The third-order valence-corrected chi connectivity index (χ3v) is 6.01. The number of amides is 1. The van der Waals surface area contributed by atoms with Crippen LogP contribution in [0, 0.1) is 0 Å². The van der Waals surface area contributed by atoms with Crippen molar-refractivity contribution in [3.63, 3.8) is 0 Å². The molecule has 1 aromatic heterocycles. The first-order valence-electron chi connectivity index (χ1n) is 9.76. The zero-order valence-electron chi connectivity index (χ0n) is 16.5. The molecule has 7 nitrogen and oxygen atoms in total. The maximum atomic E-state index is 12.4. The number of nitrogens with one attached hydrogen (secondary N) is 2. The highest BCUT2D eigenvalue weighted by atomic mass is 32.2. The summed E-state index contributed by atoms with van der Waals surface area (Å²) in [6, 6.07) is 6.49. The molecule has 2 N–H and O–H groups in total. The molecule has 1 aliphatic rings. The lowest BCUT2D eigenvalue weighted by atomic mass is 9.89. The summed E-state index contributed by atoms with van der Waals surface area (Å²) in [5.74, 6) is 0.137. The number of aromatic nitrogens is 3. The van der Waals surface area contributed by atoms with E-state index in [9.17, 15) is 9.59 Å². The van der Waals surface area contributed by atoms with Crippen molar-refractivity contribution in [2.45, 2.75) is 56.8 Å². The van der Waals surface area contributed by atoms with Crippen LogP contribution in [0.25, 0.3) is 0 Å². The lowest BCUT2D eigenvalue weighted by molar-refractivity contribution is -0.119. The van der Waals surface area contributed by atoms with Crippen LogP contribution in [0.15, 0.2) is 28.2 Å². The average molecular weight is 405 g/mol. The first-order valence-corrected chi connectivity index (χ1v) is 10.7. The topological polar surface area (TPSA) is 89.0 Å². The Morgan fingerprint density at radius 2 is 2.14 bits per heavy atom. The van der Waals surface area contributed by atoms with Crippen molar-refractivity contribution < 1.29 is 9.53 Å². The Balaban J connectivity index is 1.54. The number of methoxy groups -OCH3 is 1. The average Bonchev–Trinajstić information content (AvgIpc) is 3.06. The molecule has 1 atom stereocenters. The van der Waals surface area contributed by atoms with Crippen molar-refractivity contribution in [3.8, 4) is 0 Å². The van der Waals surface area contributed by atoms with E-state index in [-0.39, 0.29) is 23.4 Å². The van der Waals surface area contributed by atoms with Crippen molar-refractivity contribution in [2.75, 3.05) is 19.5 Å². The van der Waals surface area contributed by atoms with Crippen molar-refractivity contribution in [2.24, 2.45) is 0 Å². The van der Waals surface area contributed by atoms with Gasteiger partial charge in [0.2, 0.25) is 5.91 Å². The minimum atomic E-state index is -0.263. The number of benzene rings is 1.